The van der Waals surface area contributed by atoms with Gasteiger partial charge in [0.25, 0.3) is 0 Å². The number of hydrogen-bond acceptors (Lipinski definition) is 8. The van der Waals surface area contributed by atoms with E-state index in [9.17, 15) is 15.0 Å². The molecule has 5 aliphatic carbocycles. The quantitative estimate of drug-likeness (QED) is 0.297. The van der Waals surface area contributed by atoms with Crippen LogP contribution < -0.4 is 16.8 Å². The van der Waals surface area contributed by atoms with Crippen molar-refractivity contribution in [2.75, 3.05) is 24.6 Å². The number of nitrogens with one attached hydrogen (secondary N) is 1. The van der Waals surface area contributed by atoms with Crippen molar-refractivity contribution in [1.82, 2.24) is 20.3 Å². The Labute approximate surface area is 263 Å². The number of nitrogen functional groups attached to an aromatic ring is 2. The van der Waals surface area contributed by atoms with E-state index >= 15 is 0 Å². The smallest absolute Gasteiger partial charge is 0.226 e. The molecule has 0 bridgehead atoms. The molecular weight excluding hydrogens is 552 g/mol. The van der Waals surface area contributed by atoms with Crippen LogP contribution in [-0.4, -0.2) is 50.3 Å². The molecule has 44 heavy (non-hydrogen) atoms. The molecule has 0 aromatic carbocycles. The van der Waals surface area contributed by atoms with E-state index in [0.29, 0.717) is 30.6 Å². The van der Waals surface area contributed by atoms with Gasteiger partial charge in [-0.05, 0) is 104 Å². The zero-order chi connectivity index (χ0) is 31.9. The average molecular weight is 609 g/mol. The molecule has 0 saturated heterocycles. The number of nitrogens with zero attached hydrogens (tertiary/aromatic N) is 3. The summed E-state index contributed by atoms with van der Waals surface area (Å²) < 4.78 is 0. The van der Waals surface area contributed by atoms with Crippen LogP contribution in [0.4, 0.5) is 11.9 Å². The predicted molar refractivity (Wildman–Crippen MR) is 172 cm³/mol. The number of aliphatic hydroxyl groups excluding tert-OH is 2. The number of aromatic nitrogens is 3. The lowest BCUT2D eigenvalue weighted by atomic mass is 9.33. The number of amides is 1. The maximum Gasteiger partial charge on any atom is 0.226 e. The molecule has 9 nitrogen and oxygen atoms in total. The van der Waals surface area contributed by atoms with Gasteiger partial charge in [0, 0.05) is 18.4 Å². The Balaban J connectivity index is 1.31. The van der Waals surface area contributed by atoms with Crippen LogP contribution in [0.15, 0.2) is 11.6 Å². The molecule has 9 heteroatoms. The summed E-state index contributed by atoms with van der Waals surface area (Å²) in [7, 11) is 0. The highest BCUT2D eigenvalue weighted by Gasteiger charge is 2.69. The van der Waals surface area contributed by atoms with Gasteiger partial charge in [-0.15, -0.1) is 0 Å². The molecule has 0 radical (unpaired) electrons. The van der Waals surface area contributed by atoms with Crippen LogP contribution >= 0.6 is 0 Å². The number of carbonyl (C=O) groups excluding carboxylic acids is 1. The first-order valence-electron chi connectivity index (χ1n) is 17.1. The lowest BCUT2D eigenvalue weighted by Crippen LogP contribution is -2.66. The molecule has 5 aliphatic rings. The molecule has 0 spiro atoms. The van der Waals surface area contributed by atoms with Gasteiger partial charge in [-0.3, -0.25) is 4.79 Å². The minimum atomic E-state index is -0.453. The average Bonchev–Trinajstić information content (AvgIpc) is 2.94. The number of fused-ring (bicyclic) bond motifs is 7. The fourth-order valence-electron chi connectivity index (χ4n) is 11.7. The first-order valence-corrected chi connectivity index (χ1v) is 17.1. The monoisotopic (exact) mass is 608 g/mol. The van der Waals surface area contributed by atoms with Crippen molar-refractivity contribution in [2.45, 2.75) is 118 Å². The zero-order valence-electron chi connectivity index (χ0n) is 27.9. The van der Waals surface area contributed by atoms with E-state index in [2.05, 4.69) is 67.9 Å². The van der Waals surface area contributed by atoms with Crippen LogP contribution in [0.5, 0.6) is 0 Å². The van der Waals surface area contributed by atoms with Gasteiger partial charge < -0.3 is 27.0 Å². The van der Waals surface area contributed by atoms with Gasteiger partial charge in [-0.1, -0.05) is 53.2 Å². The largest absolute Gasteiger partial charge is 0.396 e. The maximum absolute atomic E-state index is 14.3. The molecule has 1 heterocycles. The van der Waals surface area contributed by atoms with E-state index in [1.54, 1.807) is 0 Å². The van der Waals surface area contributed by atoms with Gasteiger partial charge in [-0.25, -0.2) is 0 Å². The fourth-order valence-corrected chi connectivity index (χ4v) is 11.7. The molecule has 9 atom stereocenters. The number of rotatable bonds is 5. The maximum atomic E-state index is 14.3. The summed E-state index contributed by atoms with van der Waals surface area (Å²) in [6, 6.07) is 0. The molecule has 1 aromatic heterocycles. The lowest BCUT2D eigenvalue weighted by molar-refractivity contribution is -0.215. The van der Waals surface area contributed by atoms with E-state index in [4.69, 9.17) is 11.5 Å². The molecule has 4 saturated carbocycles. The van der Waals surface area contributed by atoms with Crippen molar-refractivity contribution < 1.29 is 15.0 Å². The van der Waals surface area contributed by atoms with Gasteiger partial charge >= 0.3 is 0 Å². The summed E-state index contributed by atoms with van der Waals surface area (Å²) in [6.45, 7) is 14.9. The van der Waals surface area contributed by atoms with Crippen LogP contribution in [0.1, 0.15) is 112 Å². The molecular formula is C35H56N6O3. The SMILES string of the molecule is CC1(C)CC[C@]2(C(=O)NCCc3nc(N)nc(N)n3)CC[C@]3(C)C(=CC[C@@H]4[C@@]5(C)CC[C@H](O)[C@@](C)(CO)C5CC[C@]43C)[C@H]2C1. The summed E-state index contributed by atoms with van der Waals surface area (Å²) in [5.74, 6) is 1.87. The summed E-state index contributed by atoms with van der Waals surface area (Å²) >= 11 is 0. The van der Waals surface area contributed by atoms with Crippen LogP contribution in [0.25, 0.3) is 0 Å². The standard InChI is InChI=1S/C35H56N6O3/c1-30(2)14-16-35(27(44)38-18-11-26-39-28(36)41-29(37)40-26)17-15-33(5)21(22(35)19-30)7-8-24-31(3)12-10-25(43)32(4,20-42)23(31)9-13-34(24,33)6/h7,22-25,42-43H,8-20H2,1-6H3,(H,38,44)(H4,36,37,39,40,41)/t22-,23?,24-,25+,31+,32+,33-,34-,35+/m1/s1. The highest BCUT2D eigenvalue weighted by atomic mass is 16.3. The second-order valence-electron chi connectivity index (χ2n) is 17.1. The van der Waals surface area contributed by atoms with Gasteiger partial charge in [0.1, 0.15) is 5.82 Å². The van der Waals surface area contributed by atoms with Crippen LogP contribution in [0.2, 0.25) is 0 Å². The van der Waals surface area contributed by atoms with Crippen molar-refractivity contribution in [2.24, 2.45) is 50.2 Å². The second kappa shape index (κ2) is 10.4. The Morgan fingerprint density at radius 3 is 2.30 bits per heavy atom. The number of allylic oxidation sites excluding steroid dienone is 2. The predicted octanol–water partition coefficient (Wildman–Crippen LogP) is 4.83. The molecule has 1 amide bonds. The van der Waals surface area contributed by atoms with Crippen molar-refractivity contribution in [1.29, 1.82) is 0 Å². The van der Waals surface area contributed by atoms with E-state index in [1.807, 2.05) is 0 Å². The number of anilines is 2. The second-order valence-corrected chi connectivity index (χ2v) is 17.1. The normalized spacial score (nSPS) is 44.3. The summed E-state index contributed by atoms with van der Waals surface area (Å²) in [5, 5.41) is 24.9. The molecule has 4 fully saturated rings. The first-order chi connectivity index (χ1) is 20.5. The lowest BCUT2D eigenvalue weighted by Gasteiger charge is -2.71. The third kappa shape index (κ3) is 4.45. The third-order valence-electron chi connectivity index (χ3n) is 14.6. The number of carbonyl (C=O) groups is 1. The van der Waals surface area contributed by atoms with Crippen molar-refractivity contribution in [3.05, 3.63) is 17.5 Å². The molecule has 1 aromatic rings. The van der Waals surface area contributed by atoms with E-state index < -0.39 is 16.9 Å². The minimum Gasteiger partial charge on any atom is -0.396 e. The fraction of sp³-hybridized carbons (Fsp3) is 0.829. The minimum absolute atomic E-state index is 0.0113. The first kappa shape index (κ1) is 31.7. The van der Waals surface area contributed by atoms with E-state index in [0.717, 1.165) is 64.2 Å². The van der Waals surface area contributed by atoms with E-state index in [1.165, 1.54) is 5.57 Å². The van der Waals surface area contributed by atoms with Crippen molar-refractivity contribution in [3.63, 3.8) is 0 Å². The van der Waals surface area contributed by atoms with Gasteiger partial charge in [-0.2, -0.15) is 15.0 Å². The van der Waals surface area contributed by atoms with E-state index in [-0.39, 0.29) is 52.0 Å². The molecule has 1 unspecified atom stereocenters. The van der Waals surface area contributed by atoms with Gasteiger partial charge in [0.05, 0.1) is 18.1 Å². The summed E-state index contributed by atoms with van der Waals surface area (Å²) in [5.41, 5.74) is 12.6. The number of hydrogen-bond donors (Lipinski definition) is 5. The molecule has 0 aliphatic heterocycles. The Morgan fingerprint density at radius 1 is 0.932 bits per heavy atom. The molecule has 6 rings (SSSR count). The molecule has 244 valence electrons. The van der Waals surface area contributed by atoms with Crippen molar-refractivity contribution >= 4 is 17.8 Å². The Morgan fingerprint density at radius 2 is 1.61 bits per heavy atom. The summed E-state index contributed by atoms with van der Waals surface area (Å²) in [4.78, 5) is 26.6. The highest BCUT2D eigenvalue weighted by Crippen LogP contribution is 2.75. The summed E-state index contributed by atoms with van der Waals surface area (Å²) in [6.07, 6.45) is 12.4. The number of aliphatic hydroxyl groups is 2. The molecule has 7 N–H and O–H groups in total. The zero-order valence-corrected chi connectivity index (χ0v) is 27.9. The Bertz CT molecular complexity index is 1330. The Hall–Kier alpha value is -2.26. The highest BCUT2D eigenvalue weighted by molar-refractivity contribution is 5.84. The van der Waals surface area contributed by atoms with Gasteiger partial charge in [0.2, 0.25) is 17.8 Å². The van der Waals surface area contributed by atoms with Crippen LogP contribution in [-0.2, 0) is 11.2 Å². The number of nitrogens with two attached hydrogens (primary N) is 2. The van der Waals surface area contributed by atoms with Crippen molar-refractivity contribution in [3.8, 4) is 0 Å². The Kier molecular flexibility index (Phi) is 7.48. The third-order valence-corrected chi connectivity index (χ3v) is 14.6. The van der Waals surface area contributed by atoms with Crippen LogP contribution in [0, 0.1) is 50.2 Å². The van der Waals surface area contributed by atoms with Gasteiger partial charge in [0.15, 0.2) is 0 Å². The van der Waals surface area contributed by atoms with Crippen LogP contribution in [0.3, 0.4) is 0 Å². The topological polar surface area (TPSA) is 160 Å².